The quantitative estimate of drug-likeness (QED) is 0.494. The number of sulfone groups is 1. The van der Waals surface area contributed by atoms with Crippen LogP contribution in [0.15, 0.2) is 24.3 Å². The predicted octanol–water partition coefficient (Wildman–Crippen LogP) is 3.37. The van der Waals surface area contributed by atoms with E-state index in [-0.39, 0.29) is 30.2 Å². The van der Waals surface area contributed by atoms with Crippen LogP contribution in [0.3, 0.4) is 0 Å². The Balaban J connectivity index is 1.61. The molecule has 0 bridgehead atoms. The molecule has 0 saturated carbocycles. The summed E-state index contributed by atoms with van der Waals surface area (Å²) in [7, 11) is -3.18. The summed E-state index contributed by atoms with van der Waals surface area (Å²) in [6, 6.07) is 6.16. The number of alkyl halides is 3. The highest BCUT2D eigenvalue weighted by molar-refractivity contribution is 7.91. The minimum atomic E-state index is -4.46. The van der Waals surface area contributed by atoms with Gasteiger partial charge in [0.15, 0.2) is 15.5 Å². The van der Waals surface area contributed by atoms with Gasteiger partial charge in [-0.05, 0) is 49.1 Å². The van der Waals surface area contributed by atoms with Gasteiger partial charge < -0.3 is 9.64 Å². The van der Waals surface area contributed by atoms with E-state index in [1.807, 2.05) is 17.9 Å². The van der Waals surface area contributed by atoms with Gasteiger partial charge in [0.2, 0.25) is 0 Å². The zero-order chi connectivity index (χ0) is 26.4. The van der Waals surface area contributed by atoms with Gasteiger partial charge in [0.25, 0.3) is 0 Å². The molecule has 0 N–H and O–H groups in total. The number of fused-ring (bicyclic) bond motifs is 1. The summed E-state index contributed by atoms with van der Waals surface area (Å²) >= 11 is 0. The van der Waals surface area contributed by atoms with E-state index < -0.39 is 21.6 Å². The lowest BCUT2D eigenvalue weighted by molar-refractivity contribution is -0.138. The fraction of sp³-hybridized carbons (Fsp3) is 0.520. The molecule has 3 aromatic rings. The molecule has 2 aliphatic rings. The summed E-state index contributed by atoms with van der Waals surface area (Å²) in [5, 5.41) is 4.86. The second-order valence-electron chi connectivity index (χ2n) is 9.77. The van der Waals surface area contributed by atoms with Crippen LogP contribution in [0.4, 0.5) is 19.0 Å². The first-order valence-electron chi connectivity index (χ1n) is 12.3. The van der Waals surface area contributed by atoms with Crippen molar-refractivity contribution in [3.05, 3.63) is 57.9 Å². The normalized spacial score (nSPS) is 19.0. The van der Waals surface area contributed by atoms with Crippen LogP contribution in [0.2, 0.25) is 0 Å². The van der Waals surface area contributed by atoms with Crippen molar-refractivity contribution in [3.63, 3.8) is 0 Å². The number of aryl methyl sites for hydroxylation is 1. The van der Waals surface area contributed by atoms with Gasteiger partial charge in [0.1, 0.15) is 11.7 Å². The van der Waals surface area contributed by atoms with Crippen molar-refractivity contribution >= 4 is 21.3 Å². The van der Waals surface area contributed by atoms with Crippen LogP contribution in [0, 0.1) is 13.8 Å². The maximum atomic E-state index is 13.6. The number of halogens is 3. The Morgan fingerprint density at radius 3 is 2.57 bits per heavy atom. The van der Waals surface area contributed by atoms with Crippen LogP contribution in [0.25, 0.3) is 5.65 Å². The van der Waals surface area contributed by atoms with Gasteiger partial charge in [0, 0.05) is 32.6 Å². The number of benzene rings is 1. The number of aromatic nitrogens is 3. The van der Waals surface area contributed by atoms with Gasteiger partial charge in [-0.2, -0.15) is 13.2 Å². The number of ether oxygens (including phenoxy) is 1. The molecule has 0 radical (unpaired) electrons. The zero-order valence-corrected chi connectivity index (χ0v) is 21.7. The van der Waals surface area contributed by atoms with Crippen molar-refractivity contribution in [3.8, 4) is 0 Å². The van der Waals surface area contributed by atoms with E-state index in [1.165, 1.54) is 13.0 Å². The van der Waals surface area contributed by atoms with Crippen molar-refractivity contribution in [2.75, 3.05) is 49.4 Å². The largest absolute Gasteiger partial charge is 0.416 e. The summed E-state index contributed by atoms with van der Waals surface area (Å²) in [4.78, 5) is 8.79. The number of morpholine rings is 1. The Hall–Kier alpha value is -2.70. The molecule has 2 saturated heterocycles. The number of hydrogen-bond acceptors (Lipinski definition) is 7. The molecule has 200 valence electrons. The van der Waals surface area contributed by atoms with Crippen molar-refractivity contribution < 1.29 is 26.3 Å². The van der Waals surface area contributed by atoms with Crippen LogP contribution < -0.4 is 4.90 Å². The standard InChI is InChI=1S/C25H30F3N5O3S/c1-17-13-23(32-8-10-36-11-9-32)30-33-22(14-19-5-3-6-20(18(19)2)25(26,27)28)21(29-24(17)33)15-31-7-4-12-37(34,35)16-31/h3,5-6,13H,4,7-12,14-16H2,1-2H3. The Morgan fingerprint density at radius 2 is 1.86 bits per heavy atom. The van der Waals surface area contributed by atoms with Gasteiger partial charge in [-0.25, -0.2) is 17.9 Å². The molecule has 5 rings (SSSR count). The van der Waals surface area contributed by atoms with E-state index in [4.69, 9.17) is 14.8 Å². The highest BCUT2D eigenvalue weighted by Crippen LogP contribution is 2.34. The third kappa shape index (κ3) is 5.46. The van der Waals surface area contributed by atoms with E-state index in [0.717, 1.165) is 17.4 Å². The number of nitrogens with zero attached hydrogens (tertiary/aromatic N) is 5. The summed E-state index contributed by atoms with van der Waals surface area (Å²) in [5.74, 6) is 0.850. The van der Waals surface area contributed by atoms with E-state index in [9.17, 15) is 21.6 Å². The van der Waals surface area contributed by atoms with Crippen LogP contribution in [0.1, 0.15) is 40.1 Å². The molecule has 2 aromatic heterocycles. The summed E-state index contributed by atoms with van der Waals surface area (Å²) in [6.07, 6.45) is -3.73. The first-order chi connectivity index (χ1) is 17.5. The molecule has 12 heteroatoms. The molecular weight excluding hydrogens is 507 g/mol. The molecule has 8 nitrogen and oxygen atoms in total. The molecule has 0 aliphatic carbocycles. The molecular formula is C25H30F3N5O3S. The maximum Gasteiger partial charge on any atom is 0.416 e. The van der Waals surface area contributed by atoms with Gasteiger partial charge in [0.05, 0.1) is 35.9 Å². The molecule has 2 fully saturated rings. The van der Waals surface area contributed by atoms with Gasteiger partial charge >= 0.3 is 6.18 Å². The highest BCUT2D eigenvalue weighted by atomic mass is 32.2. The second-order valence-corrected chi connectivity index (χ2v) is 11.9. The van der Waals surface area contributed by atoms with Crippen molar-refractivity contribution in [1.29, 1.82) is 0 Å². The Morgan fingerprint density at radius 1 is 1.11 bits per heavy atom. The first-order valence-corrected chi connectivity index (χ1v) is 14.1. The lowest BCUT2D eigenvalue weighted by Crippen LogP contribution is -2.37. The van der Waals surface area contributed by atoms with E-state index in [0.29, 0.717) is 61.9 Å². The lowest BCUT2D eigenvalue weighted by Gasteiger charge is -2.28. The second kappa shape index (κ2) is 9.88. The molecule has 4 heterocycles. The van der Waals surface area contributed by atoms with Crippen molar-refractivity contribution in [2.45, 2.75) is 39.4 Å². The van der Waals surface area contributed by atoms with Gasteiger partial charge in [-0.15, -0.1) is 5.10 Å². The topological polar surface area (TPSA) is 80.0 Å². The van der Waals surface area contributed by atoms with Crippen LogP contribution in [0.5, 0.6) is 0 Å². The minimum absolute atomic E-state index is 0.0612. The molecule has 2 aliphatic heterocycles. The number of hydrogen-bond donors (Lipinski definition) is 0. The Kier molecular flexibility index (Phi) is 6.92. The van der Waals surface area contributed by atoms with Crippen molar-refractivity contribution in [2.24, 2.45) is 0 Å². The molecule has 37 heavy (non-hydrogen) atoms. The molecule has 0 unspecified atom stereocenters. The van der Waals surface area contributed by atoms with E-state index in [1.54, 1.807) is 10.6 Å². The molecule has 0 spiro atoms. The number of rotatable bonds is 5. The van der Waals surface area contributed by atoms with Gasteiger partial charge in [-0.3, -0.25) is 4.90 Å². The summed E-state index contributed by atoms with van der Waals surface area (Å²) in [5.41, 5.74) is 2.82. The third-order valence-corrected chi connectivity index (χ3v) is 8.73. The number of imidazole rings is 1. The first kappa shape index (κ1) is 25.9. The van der Waals surface area contributed by atoms with Crippen LogP contribution in [-0.4, -0.2) is 72.4 Å². The van der Waals surface area contributed by atoms with Crippen LogP contribution in [-0.2, 0) is 33.7 Å². The Labute approximate surface area is 214 Å². The predicted molar refractivity (Wildman–Crippen MR) is 133 cm³/mol. The smallest absolute Gasteiger partial charge is 0.378 e. The van der Waals surface area contributed by atoms with Crippen LogP contribution >= 0.6 is 0 Å². The number of anilines is 1. The molecule has 1 aromatic carbocycles. The minimum Gasteiger partial charge on any atom is -0.378 e. The SMILES string of the molecule is Cc1c(Cc2c(CN3CCCS(=O)(=O)C3)nc3c(C)cc(N4CCOCC4)nn23)cccc1C(F)(F)F. The average molecular weight is 538 g/mol. The van der Waals surface area contributed by atoms with Gasteiger partial charge in [-0.1, -0.05) is 12.1 Å². The highest BCUT2D eigenvalue weighted by Gasteiger charge is 2.33. The molecule has 0 atom stereocenters. The average Bonchev–Trinajstić information content (AvgIpc) is 3.17. The zero-order valence-electron chi connectivity index (χ0n) is 20.9. The summed E-state index contributed by atoms with van der Waals surface area (Å²) < 4.78 is 72.6. The summed E-state index contributed by atoms with van der Waals surface area (Å²) in [6.45, 7) is 6.86. The lowest BCUT2D eigenvalue weighted by atomic mass is 9.98. The van der Waals surface area contributed by atoms with E-state index in [2.05, 4.69) is 4.90 Å². The Bertz CT molecular complexity index is 1420. The maximum absolute atomic E-state index is 13.6. The monoisotopic (exact) mass is 537 g/mol. The fourth-order valence-corrected chi connectivity index (χ4v) is 6.58. The third-order valence-electron chi connectivity index (χ3n) is 7.06. The fourth-order valence-electron chi connectivity index (χ4n) is 5.11. The molecule has 0 amide bonds. The van der Waals surface area contributed by atoms with E-state index >= 15 is 0 Å². The van der Waals surface area contributed by atoms with Crippen molar-refractivity contribution in [1.82, 2.24) is 19.5 Å².